The number of para-hydroxylation sites is 1. The fraction of sp³-hybridized carbons (Fsp3) is 0.533. The number of rotatable bonds is 6. The molecule has 1 aromatic rings. The molecular weight excluding hydrogens is 224 g/mol. The van der Waals surface area contributed by atoms with Gasteiger partial charge in [0.05, 0.1) is 0 Å². The molecule has 0 spiro atoms. The highest BCUT2D eigenvalue weighted by Gasteiger charge is 1.99. The zero-order valence-corrected chi connectivity index (χ0v) is 12.1. The molecule has 102 valence electrons. The number of carbonyl (C=O) groups excluding carboxylic acids is 1. The number of carbonyl (C=O) groups is 1. The number of nitrogens with one attached hydrogen (secondary N) is 1. The lowest BCUT2D eigenvalue weighted by molar-refractivity contribution is -0.118. The first kappa shape index (κ1) is 16.5. The van der Waals surface area contributed by atoms with E-state index in [9.17, 15) is 4.79 Å². The van der Waals surface area contributed by atoms with Crippen molar-refractivity contribution >= 4 is 11.6 Å². The fourth-order valence-electron chi connectivity index (χ4n) is 1.55. The maximum atomic E-state index is 10.6. The quantitative estimate of drug-likeness (QED) is 0.787. The molecule has 0 unspecified atom stereocenters. The molecule has 0 saturated heterocycles. The third-order valence-electron chi connectivity index (χ3n) is 2.49. The Bertz CT molecular complexity index is 312. The minimum atomic E-state index is 0.0522. The van der Waals surface area contributed by atoms with Gasteiger partial charge in [-0.2, -0.15) is 0 Å². The van der Waals surface area contributed by atoms with Gasteiger partial charge >= 0.3 is 0 Å². The van der Waals surface area contributed by atoms with Gasteiger partial charge in [-0.05, 0) is 25.0 Å². The van der Waals surface area contributed by atoms with Gasteiger partial charge in [0.2, 0.25) is 5.91 Å². The third kappa shape index (κ3) is 7.71. The molecule has 3 heteroatoms. The molecule has 0 radical (unpaired) electrons. The highest BCUT2D eigenvalue weighted by molar-refractivity contribution is 5.72. The van der Waals surface area contributed by atoms with Gasteiger partial charge in [-0.1, -0.05) is 32.0 Å². The van der Waals surface area contributed by atoms with Crippen LogP contribution in [-0.4, -0.2) is 26.0 Å². The van der Waals surface area contributed by atoms with Crippen LogP contribution in [0.25, 0.3) is 0 Å². The molecule has 1 amide bonds. The molecule has 1 N–H and O–H groups in total. The maximum absolute atomic E-state index is 10.6. The van der Waals surface area contributed by atoms with Crippen molar-refractivity contribution in [2.75, 3.05) is 25.0 Å². The zero-order chi connectivity index (χ0) is 13.8. The smallest absolute Gasteiger partial charge is 0.216 e. The molecule has 3 nitrogen and oxygen atoms in total. The average molecular weight is 250 g/mol. The van der Waals surface area contributed by atoms with Gasteiger partial charge in [0.25, 0.3) is 0 Å². The van der Waals surface area contributed by atoms with E-state index >= 15 is 0 Å². The Labute approximate surface area is 111 Å². The molecule has 1 rings (SSSR count). The van der Waals surface area contributed by atoms with Gasteiger partial charge in [0.1, 0.15) is 0 Å². The lowest BCUT2D eigenvalue weighted by Crippen LogP contribution is -2.23. The van der Waals surface area contributed by atoms with E-state index in [2.05, 4.69) is 29.4 Å². The lowest BCUT2D eigenvalue weighted by Gasteiger charge is -2.18. The Kier molecular flexibility index (Phi) is 9.74. The SMILES string of the molecule is CC.CC(=O)NCCCCN(C)c1ccccc1. The van der Waals surface area contributed by atoms with Crippen LogP contribution in [0, 0.1) is 0 Å². The van der Waals surface area contributed by atoms with Crippen molar-refractivity contribution in [3.63, 3.8) is 0 Å². The number of amides is 1. The zero-order valence-electron chi connectivity index (χ0n) is 12.1. The molecule has 0 saturated carbocycles. The molecule has 0 atom stereocenters. The first-order valence-corrected chi connectivity index (χ1v) is 6.71. The maximum Gasteiger partial charge on any atom is 0.216 e. The van der Waals surface area contributed by atoms with Crippen LogP contribution in [-0.2, 0) is 4.79 Å². The van der Waals surface area contributed by atoms with Crippen LogP contribution in [0.3, 0.4) is 0 Å². The van der Waals surface area contributed by atoms with E-state index in [1.54, 1.807) is 6.92 Å². The second kappa shape index (κ2) is 10.6. The Balaban J connectivity index is 0.00000137. The Morgan fingerprint density at radius 3 is 2.33 bits per heavy atom. The summed E-state index contributed by atoms with van der Waals surface area (Å²) in [5.41, 5.74) is 1.24. The molecule has 1 aromatic carbocycles. The number of benzene rings is 1. The standard InChI is InChI=1S/C13H20N2O.C2H6/c1-12(16)14-10-6-7-11-15(2)13-8-4-3-5-9-13;1-2/h3-5,8-9H,6-7,10-11H2,1-2H3,(H,14,16);1-2H3. The summed E-state index contributed by atoms with van der Waals surface area (Å²) in [5.74, 6) is 0.0522. The van der Waals surface area contributed by atoms with E-state index in [0.29, 0.717) is 0 Å². The lowest BCUT2D eigenvalue weighted by atomic mass is 10.2. The van der Waals surface area contributed by atoms with E-state index in [1.165, 1.54) is 5.69 Å². The molecular formula is C15H26N2O. The average Bonchev–Trinajstić information content (AvgIpc) is 2.41. The van der Waals surface area contributed by atoms with Gasteiger partial charge in [0, 0.05) is 32.7 Å². The number of nitrogens with zero attached hydrogens (tertiary/aromatic N) is 1. The number of hydrogen-bond donors (Lipinski definition) is 1. The van der Waals surface area contributed by atoms with Crippen molar-refractivity contribution < 1.29 is 4.79 Å². The summed E-state index contributed by atoms with van der Waals surface area (Å²) in [6.45, 7) is 7.34. The van der Waals surface area contributed by atoms with Crippen LogP contribution in [0.15, 0.2) is 30.3 Å². The van der Waals surface area contributed by atoms with Crippen molar-refractivity contribution in [1.29, 1.82) is 0 Å². The summed E-state index contributed by atoms with van der Waals surface area (Å²) in [6.07, 6.45) is 2.11. The van der Waals surface area contributed by atoms with E-state index in [4.69, 9.17) is 0 Å². The van der Waals surface area contributed by atoms with Crippen LogP contribution < -0.4 is 10.2 Å². The van der Waals surface area contributed by atoms with E-state index in [-0.39, 0.29) is 5.91 Å². The second-order valence-electron chi connectivity index (χ2n) is 3.95. The van der Waals surface area contributed by atoms with E-state index in [1.807, 2.05) is 32.0 Å². The van der Waals surface area contributed by atoms with Gasteiger partial charge < -0.3 is 10.2 Å². The molecule has 0 aliphatic heterocycles. The topological polar surface area (TPSA) is 32.3 Å². The van der Waals surface area contributed by atoms with Crippen LogP contribution >= 0.6 is 0 Å². The van der Waals surface area contributed by atoms with Gasteiger partial charge in [-0.25, -0.2) is 0 Å². The molecule has 0 aliphatic carbocycles. The van der Waals surface area contributed by atoms with Crippen molar-refractivity contribution in [2.45, 2.75) is 33.6 Å². The first-order chi connectivity index (χ1) is 8.70. The van der Waals surface area contributed by atoms with Crippen LogP contribution in [0.2, 0.25) is 0 Å². The molecule has 0 bridgehead atoms. The molecule has 0 heterocycles. The summed E-state index contributed by atoms with van der Waals surface area (Å²) >= 11 is 0. The van der Waals surface area contributed by atoms with Crippen LogP contribution in [0.4, 0.5) is 5.69 Å². The summed E-state index contributed by atoms with van der Waals surface area (Å²) in [5, 5.41) is 2.80. The highest BCUT2D eigenvalue weighted by Crippen LogP contribution is 2.11. The molecule has 0 aromatic heterocycles. The number of anilines is 1. The normalized spacial score (nSPS) is 9.11. The Hall–Kier alpha value is -1.51. The van der Waals surface area contributed by atoms with Crippen molar-refractivity contribution in [3.8, 4) is 0 Å². The van der Waals surface area contributed by atoms with Crippen LogP contribution in [0.1, 0.15) is 33.6 Å². The largest absolute Gasteiger partial charge is 0.375 e. The van der Waals surface area contributed by atoms with Gasteiger partial charge in [-0.3, -0.25) is 4.79 Å². The van der Waals surface area contributed by atoms with Gasteiger partial charge in [-0.15, -0.1) is 0 Å². The summed E-state index contributed by atoms with van der Waals surface area (Å²) in [7, 11) is 2.09. The molecule has 0 fully saturated rings. The van der Waals surface area contributed by atoms with E-state index in [0.717, 1.165) is 25.9 Å². The van der Waals surface area contributed by atoms with Crippen molar-refractivity contribution in [3.05, 3.63) is 30.3 Å². The van der Waals surface area contributed by atoms with E-state index < -0.39 is 0 Å². The second-order valence-corrected chi connectivity index (χ2v) is 3.95. The first-order valence-electron chi connectivity index (χ1n) is 6.71. The number of hydrogen-bond acceptors (Lipinski definition) is 2. The van der Waals surface area contributed by atoms with Crippen LogP contribution in [0.5, 0.6) is 0 Å². The number of unbranched alkanes of at least 4 members (excludes halogenated alkanes) is 1. The predicted molar refractivity (Wildman–Crippen MR) is 79.0 cm³/mol. The fourth-order valence-corrected chi connectivity index (χ4v) is 1.55. The van der Waals surface area contributed by atoms with Crippen molar-refractivity contribution in [2.24, 2.45) is 0 Å². The predicted octanol–water partition coefficient (Wildman–Crippen LogP) is 3.07. The molecule has 18 heavy (non-hydrogen) atoms. The van der Waals surface area contributed by atoms with Crippen molar-refractivity contribution in [1.82, 2.24) is 5.32 Å². The minimum Gasteiger partial charge on any atom is -0.375 e. The summed E-state index contributed by atoms with van der Waals surface area (Å²) in [6, 6.07) is 10.3. The summed E-state index contributed by atoms with van der Waals surface area (Å²) < 4.78 is 0. The Morgan fingerprint density at radius 2 is 1.78 bits per heavy atom. The molecule has 0 aliphatic rings. The minimum absolute atomic E-state index is 0.0522. The monoisotopic (exact) mass is 250 g/mol. The highest BCUT2D eigenvalue weighted by atomic mass is 16.1. The third-order valence-corrected chi connectivity index (χ3v) is 2.49. The summed E-state index contributed by atoms with van der Waals surface area (Å²) in [4.78, 5) is 12.9. The Morgan fingerprint density at radius 1 is 1.17 bits per heavy atom. The van der Waals surface area contributed by atoms with Gasteiger partial charge in [0.15, 0.2) is 0 Å².